The van der Waals surface area contributed by atoms with Crippen LogP contribution in [0.4, 0.5) is 0 Å². The molecule has 2 fully saturated rings. The Labute approximate surface area is 129 Å². The Kier molecular flexibility index (Phi) is 4.07. The third kappa shape index (κ3) is 3.46. The Morgan fingerprint density at radius 1 is 1.38 bits per heavy atom. The van der Waals surface area contributed by atoms with Crippen LogP contribution in [0.5, 0.6) is 0 Å². The van der Waals surface area contributed by atoms with Crippen LogP contribution in [-0.2, 0) is 10.0 Å². The zero-order valence-corrected chi connectivity index (χ0v) is 13.7. The molecule has 2 aliphatic rings. The molecule has 0 radical (unpaired) electrons. The summed E-state index contributed by atoms with van der Waals surface area (Å²) in [5.74, 6) is 0.503. The number of hydrogen-bond acceptors (Lipinski definition) is 4. The van der Waals surface area contributed by atoms with Crippen molar-refractivity contribution in [2.45, 2.75) is 37.6 Å². The highest BCUT2D eigenvalue weighted by Crippen LogP contribution is 2.43. The lowest BCUT2D eigenvalue weighted by molar-refractivity contribution is 0.0924. The summed E-state index contributed by atoms with van der Waals surface area (Å²) in [5, 5.41) is 4.98. The van der Waals surface area contributed by atoms with Gasteiger partial charge in [0.05, 0.1) is 11.1 Å². The molecule has 7 heteroatoms. The van der Waals surface area contributed by atoms with Crippen LogP contribution in [0.1, 0.15) is 46.8 Å². The number of piperidine rings is 1. The van der Waals surface area contributed by atoms with Crippen molar-refractivity contribution < 1.29 is 13.2 Å². The minimum Gasteiger partial charge on any atom is -0.347 e. The number of thiophene rings is 1. The lowest BCUT2D eigenvalue weighted by atomic mass is 10.1. The van der Waals surface area contributed by atoms with Crippen LogP contribution in [0.3, 0.4) is 0 Å². The standard InChI is InChI=1S/C14H20N2O3S2/c1-21(18,19)16-7-2-3-11(9-16)15-14(17)13-12(6-8-20-13)10-4-5-10/h6,8,10-11H,2-5,7,9H2,1H3,(H,15,17). The molecule has 3 rings (SSSR count). The molecule has 1 aromatic rings. The Balaban J connectivity index is 1.65. The van der Waals surface area contributed by atoms with Gasteiger partial charge >= 0.3 is 0 Å². The highest BCUT2D eigenvalue weighted by molar-refractivity contribution is 7.88. The van der Waals surface area contributed by atoms with Gasteiger partial charge in [0.15, 0.2) is 0 Å². The molecule has 1 atom stereocenters. The van der Waals surface area contributed by atoms with E-state index in [2.05, 4.69) is 5.32 Å². The van der Waals surface area contributed by atoms with Gasteiger partial charge in [0.25, 0.3) is 5.91 Å². The van der Waals surface area contributed by atoms with Crippen molar-refractivity contribution in [3.8, 4) is 0 Å². The molecule has 5 nitrogen and oxygen atoms in total. The van der Waals surface area contributed by atoms with Gasteiger partial charge in [-0.2, -0.15) is 0 Å². The maximum atomic E-state index is 12.4. The maximum absolute atomic E-state index is 12.4. The first kappa shape index (κ1) is 15.0. The van der Waals surface area contributed by atoms with Crippen LogP contribution >= 0.6 is 11.3 Å². The number of carbonyl (C=O) groups is 1. The predicted molar refractivity (Wildman–Crippen MR) is 83.2 cm³/mol. The van der Waals surface area contributed by atoms with E-state index >= 15 is 0 Å². The smallest absolute Gasteiger partial charge is 0.261 e. The Morgan fingerprint density at radius 3 is 2.81 bits per heavy atom. The van der Waals surface area contributed by atoms with Gasteiger partial charge in [-0.05, 0) is 48.6 Å². The van der Waals surface area contributed by atoms with Crippen LogP contribution in [0.25, 0.3) is 0 Å². The largest absolute Gasteiger partial charge is 0.347 e. The number of sulfonamides is 1. The molecule has 1 aliphatic heterocycles. The van der Waals surface area contributed by atoms with Crippen LogP contribution in [0, 0.1) is 0 Å². The molecule has 0 bridgehead atoms. The normalized spacial score (nSPS) is 24.0. The van der Waals surface area contributed by atoms with E-state index in [9.17, 15) is 13.2 Å². The molecule has 2 heterocycles. The van der Waals surface area contributed by atoms with Crippen molar-refractivity contribution in [2.24, 2.45) is 0 Å². The van der Waals surface area contributed by atoms with E-state index in [1.165, 1.54) is 34.7 Å². The number of rotatable bonds is 4. The van der Waals surface area contributed by atoms with Crippen molar-refractivity contribution in [3.63, 3.8) is 0 Å². The molecule has 21 heavy (non-hydrogen) atoms. The predicted octanol–water partition coefficient (Wildman–Crippen LogP) is 1.78. The van der Waals surface area contributed by atoms with E-state index < -0.39 is 10.0 Å². The van der Waals surface area contributed by atoms with E-state index in [4.69, 9.17) is 0 Å². The van der Waals surface area contributed by atoms with Gasteiger partial charge in [0.1, 0.15) is 0 Å². The fourth-order valence-electron chi connectivity index (χ4n) is 2.83. The minimum absolute atomic E-state index is 0.0488. The van der Waals surface area contributed by atoms with Gasteiger partial charge in [-0.15, -0.1) is 11.3 Å². The van der Waals surface area contributed by atoms with E-state index in [1.54, 1.807) is 0 Å². The third-order valence-electron chi connectivity index (χ3n) is 4.11. The second kappa shape index (κ2) is 5.70. The van der Waals surface area contributed by atoms with Gasteiger partial charge < -0.3 is 5.32 Å². The van der Waals surface area contributed by atoms with Gasteiger partial charge in [-0.3, -0.25) is 4.79 Å². The molecule has 1 saturated heterocycles. The van der Waals surface area contributed by atoms with Crippen molar-refractivity contribution in [3.05, 3.63) is 21.9 Å². The van der Waals surface area contributed by atoms with Gasteiger partial charge in [-0.25, -0.2) is 12.7 Å². The number of nitrogens with zero attached hydrogens (tertiary/aromatic N) is 1. The third-order valence-corrected chi connectivity index (χ3v) is 6.31. The molecule has 0 aromatic carbocycles. The van der Waals surface area contributed by atoms with Crippen LogP contribution in [-0.4, -0.2) is 44.0 Å². The van der Waals surface area contributed by atoms with Crippen molar-refractivity contribution in [1.82, 2.24) is 9.62 Å². The van der Waals surface area contributed by atoms with Crippen molar-refractivity contribution >= 4 is 27.3 Å². The first-order valence-electron chi connectivity index (χ1n) is 7.28. The van der Waals surface area contributed by atoms with E-state index in [0.717, 1.165) is 23.3 Å². The van der Waals surface area contributed by atoms with Crippen LogP contribution in [0.15, 0.2) is 11.4 Å². The van der Waals surface area contributed by atoms with Crippen LogP contribution in [0.2, 0.25) is 0 Å². The first-order valence-corrected chi connectivity index (χ1v) is 10.0. The fraction of sp³-hybridized carbons (Fsp3) is 0.643. The summed E-state index contributed by atoms with van der Waals surface area (Å²) in [7, 11) is -3.18. The highest BCUT2D eigenvalue weighted by Gasteiger charge is 2.31. The molecule has 1 amide bonds. The fourth-order valence-corrected chi connectivity index (χ4v) is 4.63. The topological polar surface area (TPSA) is 66.5 Å². The molecule has 1 saturated carbocycles. The highest BCUT2D eigenvalue weighted by atomic mass is 32.2. The average Bonchev–Trinajstić information content (AvgIpc) is 3.15. The van der Waals surface area contributed by atoms with Crippen molar-refractivity contribution in [2.75, 3.05) is 19.3 Å². The number of hydrogen-bond donors (Lipinski definition) is 1. The van der Waals surface area contributed by atoms with Gasteiger partial charge in [0.2, 0.25) is 10.0 Å². The van der Waals surface area contributed by atoms with E-state index in [0.29, 0.717) is 19.0 Å². The lowest BCUT2D eigenvalue weighted by Crippen LogP contribution is -2.49. The molecular formula is C14H20N2O3S2. The molecule has 1 aliphatic carbocycles. The number of nitrogens with one attached hydrogen (secondary N) is 1. The first-order chi connectivity index (χ1) is 9.95. The summed E-state index contributed by atoms with van der Waals surface area (Å²) < 4.78 is 24.7. The summed E-state index contributed by atoms with van der Waals surface area (Å²) in [5.41, 5.74) is 1.16. The lowest BCUT2D eigenvalue weighted by Gasteiger charge is -2.31. The molecule has 1 aromatic heterocycles. The maximum Gasteiger partial charge on any atom is 0.261 e. The quantitative estimate of drug-likeness (QED) is 0.916. The van der Waals surface area contributed by atoms with Gasteiger partial charge in [0, 0.05) is 19.1 Å². The summed E-state index contributed by atoms with van der Waals surface area (Å²) in [4.78, 5) is 13.2. The molecule has 1 unspecified atom stereocenters. The van der Waals surface area contributed by atoms with E-state index in [1.807, 2.05) is 11.4 Å². The second-order valence-electron chi connectivity index (χ2n) is 5.91. The van der Waals surface area contributed by atoms with Crippen molar-refractivity contribution in [1.29, 1.82) is 0 Å². The SMILES string of the molecule is CS(=O)(=O)N1CCCC(NC(=O)c2sccc2C2CC2)C1. The zero-order valence-electron chi connectivity index (χ0n) is 12.0. The zero-order chi connectivity index (χ0) is 15.0. The number of carbonyl (C=O) groups excluding carboxylic acids is 1. The Hall–Kier alpha value is -0.920. The minimum atomic E-state index is -3.18. The molecular weight excluding hydrogens is 308 g/mol. The Morgan fingerprint density at radius 2 is 2.14 bits per heavy atom. The van der Waals surface area contributed by atoms with Crippen LogP contribution < -0.4 is 5.32 Å². The summed E-state index contributed by atoms with van der Waals surface area (Å²) >= 11 is 1.48. The summed E-state index contributed by atoms with van der Waals surface area (Å²) in [6.07, 6.45) is 5.19. The average molecular weight is 328 g/mol. The van der Waals surface area contributed by atoms with Gasteiger partial charge in [-0.1, -0.05) is 0 Å². The second-order valence-corrected chi connectivity index (χ2v) is 8.81. The van der Waals surface area contributed by atoms with E-state index in [-0.39, 0.29) is 11.9 Å². The summed E-state index contributed by atoms with van der Waals surface area (Å²) in [6.45, 7) is 0.937. The molecule has 116 valence electrons. The molecule has 1 N–H and O–H groups in total. The Bertz CT molecular complexity index is 634. The number of amides is 1. The monoisotopic (exact) mass is 328 g/mol. The molecule has 0 spiro atoms. The summed E-state index contributed by atoms with van der Waals surface area (Å²) in [6, 6.07) is 1.95.